The van der Waals surface area contributed by atoms with E-state index in [1.165, 1.54) is 12.1 Å². The standard InChI is InChI=1S/C14H15N3O2.C7H8FN.C5H6O2.C2H6/c1-15-10-2-4-11(5-3-10)19-12-6-7-16-14-13(12)18-9-8-17-14;1-9-7-4-2-6(8)3-5-7;6-3-5(4-7)1-2-5;1-2/h2-7,15H,8-9H2,1H3,(H,16,17);2-5,9H,1H3;3-4H,1-2H2;1-2H3. The molecule has 0 radical (unpaired) electrons. The zero-order chi connectivity index (χ0) is 27.1. The molecule has 0 atom stereocenters. The number of nitrogens with one attached hydrogen (secondary N) is 3. The molecule has 0 spiro atoms. The van der Waals surface area contributed by atoms with Crippen molar-refractivity contribution in [2.45, 2.75) is 26.7 Å². The summed E-state index contributed by atoms with van der Waals surface area (Å²) in [5, 5.41) is 9.14. The number of rotatable bonds is 6. The smallest absolute Gasteiger partial charge is 0.204 e. The highest BCUT2D eigenvalue weighted by Gasteiger charge is 2.42. The first-order chi connectivity index (χ1) is 18.0. The van der Waals surface area contributed by atoms with Crippen molar-refractivity contribution in [2.24, 2.45) is 5.41 Å². The van der Waals surface area contributed by atoms with Gasteiger partial charge in [0.05, 0.1) is 12.0 Å². The lowest BCUT2D eigenvalue weighted by atomic mass is 10.2. The summed E-state index contributed by atoms with van der Waals surface area (Å²) in [6.07, 6.45) is 4.71. The van der Waals surface area contributed by atoms with E-state index in [1.807, 2.05) is 45.2 Å². The highest BCUT2D eigenvalue weighted by molar-refractivity contribution is 5.87. The van der Waals surface area contributed by atoms with E-state index in [-0.39, 0.29) is 5.82 Å². The molecule has 9 heteroatoms. The number of hydrogen-bond donors (Lipinski definition) is 3. The van der Waals surface area contributed by atoms with Crippen LogP contribution in [0.15, 0.2) is 60.8 Å². The highest BCUT2D eigenvalue weighted by Crippen LogP contribution is 2.40. The molecule has 1 aromatic heterocycles. The lowest BCUT2D eigenvalue weighted by molar-refractivity contribution is -0.120. The second-order valence-electron chi connectivity index (χ2n) is 7.86. The quantitative estimate of drug-likeness (QED) is 0.283. The predicted molar refractivity (Wildman–Crippen MR) is 145 cm³/mol. The number of nitrogens with zero attached hydrogens (tertiary/aromatic N) is 1. The molecule has 5 rings (SSSR count). The molecule has 198 valence electrons. The first-order valence-electron chi connectivity index (χ1n) is 12.2. The Kier molecular flexibility index (Phi) is 11.9. The molecule has 0 saturated heterocycles. The topological polar surface area (TPSA) is 102 Å². The maximum atomic E-state index is 12.2. The average Bonchev–Trinajstić information content (AvgIpc) is 3.77. The number of pyridine rings is 1. The van der Waals surface area contributed by atoms with E-state index in [2.05, 4.69) is 20.9 Å². The average molecular weight is 511 g/mol. The summed E-state index contributed by atoms with van der Waals surface area (Å²) >= 11 is 0. The van der Waals surface area contributed by atoms with Crippen LogP contribution in [0.1, 0.15) is 26.7 Å². The second kappa shape index (κ2) is 15.1. The predicted octanol–water partition coefficient (Wildman–Crippen LogP) is 5.78. The van der Waals surface area contributed by atoms with Crippen LogP contribution < -0.4 is 25.4 Å². The summed E-state index contributed by atoms with van der Waals surface area (Å²) in [6.45, 7) is 5.38. The van der Waals surface area contributed by atoms with E-state index in [4.69, 9.17) is 9.47 Å². The fraction of sp³-hybridized carbons (Fsp3) is 0.321. The van der Waals surface area contributed by atoms with Gasteiger partial charge in [-0.15, -0.1) is 0 Å². The molecule has 8 nitrogen and oxygen atoms in total. The van der Waals surface area contributed by atoms with Crippen LogP contribution in [0.25, 0.3) is 0 Å². The Morgan fingerprint density at radius 3 is 2.00 bits per heavy atom. The minimum atomic E-state index is -0.528. The van der Waals surface area contributed by atoms with Gasteiger partial charge in [0.25, 0.3) is 0 Å². The Balaban J connectivity index is 0.000000222. The van der Waals surface area contributed by atoms with Crippen LogP contribution in [0.5, 0.6) is 17.2 Å². The van der Waals surface area contributed by atoms with Crippen molar-refractivity contribution in [3.63, 3.8) is 0 Å². The van der Waals surface area contributed by atoms with Gasteiger partial charge in [-0.2, -0.15) is 0 Å². The maximum Gasteiger partial charge on any atom is 0.204 e. The molecule has 1 saturated carbocycles. The van der Waals surface area contributed by atoms with E-state index in [0.29, 0.717) is 18.1 Å². The van der Waals surface area contributed by atoms with E-state index in [9.17, 15) is 14.0 Å². The number of fused-ring (bicyclic) bond motifs is 1. The van der Waals surface area contributed by atoms with Crippen molar-refractivity contribution in [1.82, 2.24) is 4.98 Å². The van der Waals surface area contributed by atoms with Crippen molar-refractivity contribution < 1.29 is 23.5 Å². The summed E-state index contributed by atoms with van der Waals surface area (Å²) in [6, 6.07) is 15.8. The zero-order valence-electron chi connectivity index (χ0n) is 21.7. The Morgan fingerprint density at radius 1 is 0.946 bits per heavy atom. The van der Waals surface area contributed by atoms with Crippen molar-refractivity contribution in [2.75, 3.05) is 43.2 Å². The van der Waals surface area contributed by atoms with Crippen LogP contribution in [0, 0.1) is 11.2 Å². The molecule has 3 N–H and O–H groups in total. The molecule has 0 bridgehead atoms. The third-order valence-electron chi connectivity index (χ3n) is 5.31. The molecule has 37 heavy (non-hydrogen) atoms. The Labute approximate surface area is 217 Å². The number of carbonyl (C=O) groups excluding carboxylic acids is 2. The number of halogens is 1. The fourth-order valence-corrected chi connectivity index (χ4v) is 2.94. The minimum Gasteiger partial charge on any atom is -0.485 e. The Hall–Kier alpha value is -4.14. The van der Waals surface area contributed by atoms with Crippen LogP contribution in [0.4, 0.5) is 21.6 Å². The summed E-state index contributed by atoms with van der Waals surface area (Å²) in [5.74, 6) is 2.65. The normalized spacial score (nSPS) is 13.4. The molecule has 0 amide bonds. The van der Waals surface area contributed by atoms with Crippen molar-refractivity contribution in [3.05, 3.63) is 66.6 Å². The SMILES string of the molecule is CC.CNc1ccc(F)cc1.CNc1ccc(Oc2ccnc3c2OCCN3)cc1.O=CC1(C=O)CC1. The van der Waals surface area contributed by atoms with Crippen LogP contribution in [-0.2, 0) is 9.59 Å². The van der Waals surface area contributed by atoms with Gasteiger partial charge in [0.15, 0.2) is 11.6 Å². The van der Waals surface area contributed by atoms with Gasteiger partial charge in [-0.05, 0) is 61.4 Å². The van der Waals surface area contributed by atoms with Gasteiger partial charge in [0, 0.05) is 37.7 Å². The van der Waals surface area contributed by atoms with Crippen molar-refractivity contribution in [3.8, 4) is 17.2 Å². The number of benzene rings is 2. The molecule has 1 aliphatic carbocycles. The first-order valence-corrected chi connectivity index (χ1v) is 12.2. The zero-order valence-corrected chi connectivity index (χ0v) is 21.7. The molecule has 1 fully saturated rings. The van der Waals surface area contributed by atoms with Crippen LogP contribution in [0.3, 0.4) is 0 Å². The Morgan fingerprint density at radius 2 is 1.51 bits per heavy atom. The van der Waals surface area contributed by atoms with Crippen LogP contribution >= 0.6 is 0 Å². The van der Waals surface area contributed by atoms with Crippen LogP contribution in [0.2, 0.25) is 0 Å². The van der Waals surface area contributed by atoms with Crippen molar-refractivity contribution >= 4 is 29.8 Å². The summed E-state index contributed by atoms with van der Waals surface area (Å²) in [4.78, 5) is 24.0. The van der Waals surface area contributed by atoms with Gasteiger partial charge < -0.3 is 35.0 Å². The summed E-state index contributed by atoms with van der Waals surface area (Å²) < 4.78 is 23.6. The van der Waals surface area contributed by atoms with Gasteiger partial charge in [-0.25, -0.2) is 9.37 Å². The molecule has 3 aromatic rings. The molecule has 0 unspecified atom stereocenters. The lowest BCUT2D eigenvalue weighted by Crippen LogP contribution is -2.19. The summed E-state index contributed by atoms with van der Waals surface area (Å²) in [7, 11) is 3.68. The van der Waals surface area contributed by atoms with Gasteiger partial charge in [-0.3, -0.25) is 0 Å². The maximum absolute atomic E-state index is 12.2. The molecule has 1 aliphatic heterocycles. The molecular weight excluding hydrogens is 475 g/mol. The largest absolute Gasteiger partial charge is 0.485 e. The molecular formula is C28H35FN4O4. The third kappa shape index (κ3) is 9.10. The monoisotopic (exact) mass is 510 g/mol. The molecule has 2 aromatic carbocycles. The van der Waals surface area contributed by atoms with Crippen LogP contribution in [-0.4, -0.2) is 44.8 Å². The Bertz CT molecular complexity index is 1090. The minimum absolute atomic E-state index is 0.200. The molecule has 2 heterocycles. The van der Waals surface area contributed by atoms with Gasteiger partial charge >= 0.3 is 0 Å². The number of aldehydes is 2. The summed E-state index contributed by atoms with van der Waals surface area (Å²) in [5.41, 5.74) is 1.44. The van der Waals surface area contributed by atoms with E-state index in [0.717, 1.165) is 54.9 Å². The number of ether oxygens (including phenoxy) is 2. The number of aromatic nitrogens is 1. The number of hydrogen-bond acceptors (Lipinski definition) is 8. The van der Waals surface area contributed by atoms with Gasteiger partial charge in [-0.1, -0.05) is 13.8 Å². The van der Waals surface area contributed by atoms with E-state index in [1.54, 1.807) is 31.4 Å². The van der Waals surface area contributed by atoms with E-state index >= 15 is 0 Å². The molecule has 2 aliphatic rings. The third-order valence-corrected chi connectivity index (χ3v) is 5.31. The number of carbonyl (C=O) groups is 2. The van der Waals surface area contributed by atoms with Gasteiger partial charge in [0.2, 0.25) is 5.75 Å². The van der Waals surface area contributed by atoms with E-state index < -0.39 is 5.41 Å². The van der Waals surface area contributed by atoms with Gasteiger partial charge in [0.1, 0.15) is 30.7 Å². The number of anilines is 3. The highest BCUT2D eigenvalue weighted by atomic mass is 19.1. The fourth-order valence-electron chi connectivity index (χ4n) is 2.94. The lowest BCUT2D eigenvalue weighted by Gasteiger charge is -2.20. The first kappa shape index (κ1) is 29.1. The second-order valence-corrected chi connectivity index (χ2v) is 7.86. The van der Waals surface area contributed by atoms with Crippen molar-refractivity contribution in [1.29, 1.82) is 0 Å².